The Morgan fingerprint density at radius 2 is 2.29 bits per heavy atom. The van der Waals surface area contributed by atoms with Crippen LogP contribution in [0.3, 0.4) is 0 Å². The molecule has 0 unspecified atom stereocenters. The molecule has 0 aromatic heterocycles. The van der Waals surface area contributed by atoms with Crippen molar-refractivity contribution in [3.8, 4) is 0 Å². The normalized spacial score (nSPS) is 12.9. The van der Waals surface area contributed by atoms with Crippen molar-refractivity contribution in [3.05, 3.63) is 28.8 Å². The highest BCUT2D eigenvalue weighted by Crippen LogP contribution is 2.28. The number of thioether (sulfide) groups is 1. The van der Waals surface area contributed by atoms with Crippen LogP contribution < -0.4 is 4.84 Å². The number of benzene rings is 1. The van der Waals surface area contributed by atoms with Gasteiger partial charge in [-0.1, -0.05) is 17.7 Å². The molecule has 0 amide bonds. The van der Waals surface area contributed by atoms with Crippen molar-refractivity contribution < 1.29 is 5.11 Å². The minimum absolute atomic E-state index is 0.302. The molecule has 0 radical (unpaired) electrons. The van der Waals surface area contributed by atoms with Gasteiger partial charge in [0.1, 0.15) is 0 Å². The van der Waals surface area contributed by atoms with Gasteiger partial charge in [0.25, 0.3) is 0 Å². The second-order valence-corrected chi connectivity index (χ2v) is 4.27. The van der Waals surface area contributed by atoms with Gasteiger partial charge in [0.05, 0.1) is 11.1 Å². The zero-order valence-electron chi connectivity index (χ0n) is 7.63. The Bertz CT molecular complexity index is 309. The van der Waals surface area contributed by atoms with Crippen molar-refractivity contribution in [2.45, 2.75) is 11.0 Å². The molecule has 2 nitrogen and oxygen atoms in total. The molecule has 0 bridgehead atoms. The first-order valence-electron chi connectivity index (χ1n) is 4.04. The lowest BCUT2D eigenvalue weighted by Crippen LogP contribution is -2.12. The zero-order chi connectivity index (χ0) is 10.6. The molecule has 0 fully saturated rings. The maximum absolute atomic E-state index is 9.60. The summed E-state index contributed by atoms with van der Waals surface area (Å²) in [6, 6.07) is 5.49. The van der Waals surface area contributed by atoms with Crippen LogP contribution in [-0.2, 0) is 0 Å². The predicted molar refractivity (Wildman–Crippen MR) is 62.0 cm³/mol. The Morgan fingerprint density at radius 3 is 2.79 bits per heavy atom. The number of aliphatic hydroxyl groups is 1. The molecule has 0 aliphatic heterocycles. The minimum Gasteiger partial charge on any atom is -0.387 e. The summed E-state index contributed by atoms with van der Waals surface area (Å²) < 4.78 is 0. The lowest BCUT2D eigenvalue weighted by Gasteiger charge is -2.10. The smallest absolute Gasteiger partial charge is 0.0928 e. The van der Waals surface area contributed by atoms with Crippen molar-refractivity contribution in [1.82, 2.24) is 4.84 Å². The lowest BCUT2D eigenvalue weighted by atomic mass is 10.1. The molecule has 0 spiro atoms. The third kappa shape index (κ3) is 3.04. The van der Waals surface area contributed by atoms with Crippen LogP contribution in [0, 0.1) is 0 Å². The van der Waals surface area contributed by atoms with E-state index in [1.807, 2.05) is 18.4 Å². The number of nitrogens with one attached hydrogen (secondary N) is 1. The summed E-state index contributed by atoms with van der Waals surface area (Å²) in [5, 5.41) is 10.3. The Labute approximate surface area is 97.7 Å². The number of aliphatic hydroxyl groups excluding tert-OH is 1. The summed E-state index contributed by atoms with van der Waals surface area (Å²) in [6.07, 6.45) is 1.33. The molecular weight excluding hydrogens is 241 g/mol. The van der Waals surface area contributed by atoms with E-state index in [1.54, 1.807) is 17.8 Å². The topological polar surface area (TPSA) is 32.3 Å². The van der Waals surface area contributed by atoms with Crippen molar-refractivity contribution in [2.75, 3.05) is 12.8 Å². The fraction of sp³-hybridized carbons (Fsp3) is 0.333. The molecule has 1 atom stereocenters. The number of hydrogen-bond acceptors (Lipinski definition) is 3. The van der Waals surface area contributed by atoms with E-state index in [9.17, 15) is 5.11 Å². The minimum atomic E-state index is -0.624. The third-order valence-corrected chi connectivity index (χ3v) is 3.21. The SMILES string of the molecule is CSc1ccc([C@H](O)CNCl)cc1Cl. The van der Waals surface area contributed by atoms with Gasteiger partial charge in [0, 0.05) is 11.4 Å². The van der Waals surface area contributed by atoms with Crippen molar-refractivity contribution in [2.24, 2.45) is 0 Å². The zero-order valence-corrected chi connectivity index (χ0v) is 9.96. The molecule has 2 N–H and O–H groups in total. The molecule has 78 valence electrons. The van der Waals surface area contributed by atoms with Gasteiger partial charge in [-0.25, -0.2) is 4.84 Å². The lowest BCUT2D eigenvalue weighted by molar-refractivity contribution is 0.182. The first-order valence-corrected chi connectivity index (χ1v) is 6.02. The van der Waals surface area contributed by atoms with Gasteiger partial charge >= 0.3 is 0 Å². The summed E-state index contributed by atoms with van der Waals surface area (Å²) in [7, 11) is 0. The first kappa shape index (κ1) is 12.1. The largest absolute Gasteiger partial charge is 0.387 e. The molecule has 14 heavy (non-hydrogen) atoms. The van der Waals surface area contributed by atoms with E-state index >= 15 is 0 Å². The van der Waals surface area contributed by atoms with Crippen molar-refractivity contribution in [3.63, 3.8) is 0 Å². The summed E-state index contributed by atoms with van der Waals surface area (Å²) in [5.74, 6) is 0. The summed E-state index contributed by atoms with van der Waals surface area (Å²) in [5.41, 5.74) is 0.765. The molecule has 1 rings (SSSR count). The van der Waals surface area contributed by atoms with Crippen molar-refractivity contribution >= 4 is 35.1 Å². The molecule has 0 saturated heterocycles. The van der Waals surface area contributed by atoms with Crippen LogP contribution in [0.2, 0.25) is 5.02 Å². The molecule has 0 aliphatic rings. The predicted octanol–water partition coefficient (Wildman–Crippen LogP) is 2.84. The average molecular weight is 252 g/mol. The van der Waals surface area contributed by atoms with Gasteiger partial charge in [0.2, 0.25) is 0 Å². The van der Waals surface area contributed by atoms with Gasteiger partial charge in [-0.2, -0.15) is 0 Å². The van der Waals surface area contributed by atoms with E-state index in [1.165, 1.54) is 0 Å². The van der Waals surface area contributed by atoms with Crippen molar-refractivity contribution in [1.29, 1.82) is 0 Å². The summed E-state index contributed by atoms with van der Waals surface area (Å²) in [4.78, 5) is 3.39. The van der Waals surface area contributed by atoms with Crippen LogP contribution in [0.25, 0.3) is 0 Å². The van der Waals surface area contributed by atoms with Crippen LogP contribution in [-0.4, -0.2) is 17.9 Å². The van der Waals surface area contributed by atoms with E-state index in [2.05, 4.69) is 4.84 Å². The van der Waals surface area contributed by atoms with Crippen LogP contribution in [0.5, 0.6) is 0 Å². The summed E-state index contributed by atoms with van der Waals surface area (Å²) in [6.45, 7) is 0.302. The van der Waals surface area contributed by atoms with Crippen LogP contribution in [0.1, 0.15) is 11.7 Å². The molecule has 1 aromatic carbocycles. The maximum Gasteiger partial charge on any atom is 0.0928 e. The number of hydrogen-bond donors (Lipinski definition) is 2. The van der Waals surface area contributed by atoms with E-state index < -0.39 is 6.10 Å². The molecule has 0 saturated carbocycles. The molecule has 0 aliphatic carbocycles. The van der Waals surface area contributed by atoms with E-state index in [0.717, 1.165) is 10.5 Å². The van der Waals surface area contributed by atoms with Gasteiger partial charge in [-0.15, -0.1) is 11.8 Å². The second kappa shape index (κ2) is 5.83. The van der Waals surface area contributed by atoms with Crippen LogP contribution in [0.4, 0.5) is 0 Å². The maximum atomic E-state index is 9.60. The van der Waals surface area contributed by atoms with Crippen LogP contribution in [0.15, 0.2) is 23.1 Å². The van der Waals surface area contributed by atoms with Gasteiger partial charge in [-0.3, -0.25) is 0 Å². The second-order valence-electron chi connectivity index (χ2n) is 2.75. The number of halogens is 2. The highest BCUT2D eigenvalue weighted by atomic mass is 35.5. The molecular formula is C9H11Cl2NOS. The van der Waals surface area contributed by atoms with Gasteiger partial charge < -0.3 is 5.11 Å². The molecule has 0 heterocycles. The monoisotopic (exact) mass is 251 g/mol. The summed E-state index contributed by atoms with van der Waals surface area (Å²) >= 11 is 12.9. The fourth-order valence-electron chi connectivity index (χ4n) is 1.08. The molecule has 1 aromatic rings. The Kier molecular flexibility index (Phi) is 5.06. The highest BCUT2D eigenvalue weighted by Gasteiger charge is 2.08. The van der Waals surface area contributed by atoms with Crippen LogP contribution >= 0.6 is 35.1 Å². The Balaban J connectivity index is 2.85. The van der Waals surface area contributed by atoms with E-state index in [-0.39, 0.29) is 0 Å². The van der Waals surface area contributed by atoms with Gasteiger partial charge in [0.15, 0.2) is 0 Å². The van der Waals surface area contributed by atoms with E-state index in [0.29, 0.717) is 11.6 Å². The van der Waals surface area contributed by atoms with Gasteiger partial charge in [-0.05, 0) is 35.7 Å². The average Bonchev–Trinajstić information content (AvgIpc) is 2.18. The molecule has 5 heteroatoms. The fourth-order valence-corrected chi connectivity index (χ4v) is 2.11. The Hall–Kier alpha value is 0.0700. The highest BCUT2D eigenvalue weighted by molar-refractivity contribution is 7.98. The quantitative estimate of drug-likeness (QED) is 0.638. The third-order valence-electron chi connectivity index (χ3n) is 1.83. The number of rotatable bonds is 4. The first-order chi connectivity index (χ1) is 6.69. The standard InChI is InChI=1S/C9H11Cl2NOS/c1-14-9-3-2-6(4-7(9)10)8(13)5-12-11/h2-4,8,12-13H,5H2,1H3/t8-/m1/s1. The van der Waals surface area contributed by atoms with E-state index in [4.69, 9.17) is 23.4 Å². The Morgan fingerprint density at radius 1 is 1.57 bits per heavy atom.